The monoisotopic (exact) mass is 442 g/mol. The highest BCUT2D eigenvalue weighted by molar-refractivity contribution is 5.99. The molecule has 33 heavy (non-hydrogen) atoms. The van der Waals surface area contributed by atoms with Crippen LogP contribution < -0.4 is 11.1 Å². The van der Waals surface area contributed by atoms with Crippen LogP contribution >= 0.6 is 0 Å². The molecule has 4 aromatic rings. The van der Waals surface area contributed by atoms with E-state index in [1.165, 1.54) is 6.33 Å². The summed E-state index contributed by atoms with van der Waals surface area (Å²) in [5.74, 6) is 0.461. The van der Waals surface area contributed by atoms with E-state index < -0.39 is 0 Å². The normalized spacial score (nSPS) is 15.5. The van der Waals surface area contributed by atoms with Crippen LogP contribution in [0.15, 0.2) is 54.9 Å². The van der Waals surface area contributed by atoms with Gasteiger partial charge >= 0.3 is 0 Å². The van der Waals surface area contributed by atoms with E-state index in [9.17, 15) is 4.79 Å². The number of likely N-dealkylation sites (tertiary alicyclic amines) is 1. The third kappa shape index (κ3) is 4.28. The van der Waals surface area contributed by atoms with E-state index in [-0.39, 0.29) is 11.9 Å². The van der Waals surface area contributed by atoms with Gasteiger partial charge in [-0.3, -0.25) is 4.79 Å². The second-order valence-corrected chi connectivity index (χ2v) is 9.16. The molecule has 7 nitrogen and oxygen atoms in total. The maximum Gasteiger partial charge on any atom is 0.268 e. The number of hydrogen-bond acceptors (Lipinski definition) is 5. The topological polar surface area (TPSA) is 89.1 Å². The van der Waals surface area contributed by atoms with Crippen molar-refractivity contribution in [2.75, 3.05) is 18.8 Å². The average Bonchev–Trinajstić information content (AvgIpc) is 3.18. The van der Waals surface area contributed by atoms with Crippen LogP contribution in [-0.4, -0.2) is 50.5 Å². The molecule has 170 valence electrons. The molecule has 1 amide bonds. The van der Waals surface area contributed by atoms with Gasteiger partial charge in [0.15, 0.2) is 0 Å². The number of amides is 1. The lowest BCUT2D eigenvalue weighted by Crippen LogP contribution is -2.46. The molecular formula is C26H30N6O. The van der Waals surface area contributed by atoms with Crippen molar-refractivity contribution < 1.29 is 4.79 Å². The van der Waals surface area contributed by atoms with Crippen molar-refractivity contribution in [1.82, 2.24) is 24.8 Å². The van der Waals surface area contributed by atoms with Crippen LogP contribution in [0.2, 0.25) is 0 Å². The van der Waals surface area contributed by atoms with Crippen molar-refractivity contribution in [2.24, 2.45) is 0 Å². The van der Waals surface area contributed by atoms with Gasteiger partial charge < -0.3 is 20.5 Å². The quantitative estimate of drug-likeness (QED) is 0.491. The fraction of sp³-hybridized carbons (Fsp3) is 0.346. The highest BCUT2D eigenvalue weighted by Crippen LogP contribution is 2.24. The van der Waals surface area contributed by atoms with Crippen LogP contribution in [0.3, 0.4) is 0 Å². The van der Waals surface area contributed by atoms with E-state index in [2.05, 4.69) is 50.7 Å². The first-order valence-electron chi connectivity index (χ1n) is 11.6. The summed E-state index contributed by atoms with van der Waals surface area (Å²) in [5.41, 5.74) is 9.57. The van der Waals surface area contributed by atoms with Crippen molar-refractivity contribution in [3.8, 4) is 0 Å². The fourth-order valence-corrected chi connectivity index (χ4v) is 4.79. The third-order valence-electron chi connectivity index (χ3n) is 6.71. The molecule has 0 bridgehead atoms. The average molecular weight is 443 g/mol. The van der Waals surface area contributed by atoms with Crippen LogP contribution in [0.25, 0.3) is 21.8 Å². The zero-order chi connectivity index (χ0) is 22.9. The second kappa shape index (κ2) is 8.83. The van der Waals surface area contributed by atoms with Gasteiger partial charge in [0.25, 0.3) is 5.91 Å². The number of aromatic nitrogens is 3. The number of piperidine rings is 1. The zero-order valence-electron chi connectivity index (χ0n) is 19.2. The summed E-state index contributed by atoms with van der Waals surface area (Å²) in [6.45, 7) is 7.07. The maximum atomic E-state index is 13.4. The Morgan fingerprint density at radius 3 is 2.70 bits per heavy atom. The Bertz CT molecular complexity index is 1300. The van der Waals surface area contributed by atoms with E-state index in [4.69, 9.17) is 5.73 Å². The molecule has 3 N–H and O–H groups in total. The van der Waals surface area contributed by atoms with E-state index in [0.29, 0.717) is 24.1 Å². The SMILES string of the molecule is CC(C)N1CCC(NC(=O)c2cc3ccccc3n2Cc2ccc3c(N)ncnc3c2)CC1. The van der Waals surface area contributed by atoms with Gasteiger partial charge in [-0.1, -0.05) is 24.3 Å². The second-order valence-electron chi connectivity index (χ2n) is 9.16. The maximum absolute atomic E-state index is 13.4. The number of rotatable bonds is 5. The van der Waals surface area contributed by atoms with Gasteiger partial charge in [0.2, 0.25) is 0 Å². The molecule has 7 heteroatoms. The largest absolute Gasteiger partial charge is 0.383 e. The van der Waals surface area contributed by atoms with Crippen LogP contribution in [0.1, 0.15) is 42.7 Å². The molecule has 3 heterocycles. The molecule has 0 radical (unpaired) electrons. The van der Waals surface area contributed by atoms with Gasteiger partial charge in [-0.25, -0.2) is 9.97 Å². The van der Waals surface area contributed by atoms with Gasteiger partial charge in [0.1, 0.15) is 17.8 Å². The number of nitrogens with one attached hydrogen (secondary N) is 1. The minimum absolute atomic E-state index is 0.0124. The molecule has 0 aliphatic carbocycles. The highest BCUT2D eigenvalue weighted by Gasteiger charge is 2.24. The molecule has 2 aromatic heterocycles. The van der Waals surface area contributed by atoms with Crippen LogP contribution in [0.4, 0.5) is 5.82 Å². The van der Waals surface area contributed by atoms with Crippen LogP contribution in [-0.2, 0) is 6.54 Å². The summed E-state index contributed by atoms with van der Waals surface area (Å²) in [4.78, 5) is 24.3. The highest BCUT2D eigenvalue weighted by atomic mass is 16.2. The molecule has 1 saturated heterocycles. The number of nitrogens with zero attached hydrogens (tertiary/aromatic N) is 4. The smallest absolute Gasteiger partial charge is 0.268 e. The number of fused-ring (bicyclic) bond motifs is 2. The van der Waals surface area contributed by atoms with E-state index in [1.54, 1.807) is 0 Å². The first-order chi connectivity index (χ1) is 16.0. The molecule has 1 aliphatic heterocycles. The molecule has 5 rings (SSSR count). The van der Waals surface area contributed by atoms with E-state index >= 15 is 0 Å². The molecule has 1 fully saturated rings. The Kier molecular flexibility index (Phi) is 5.72. The first kappa shape index (κ1) is 21.4. The van der Waals surface area contributed by atoms with Crippen molar-refractivity contribution in [3.05, 3.63) is 66.1 Å². The van der Waals surface area contributed by atoms with E-state index in [0.717, 1.165) is 53.3 Å². The predicted molar refractivity (Wildman–Crippen MR) is 132 cm³/mol. The van der Waals surface area contributed by atoms with Gasteiger partial charge in [-0.2, -0.15) is 0 Å². The zero-order valence-corrected chi connectivity index (χ0v) is 19.2. The number of para-hydroxylation sites is 1. The molecule has 1 aliphatic rings. The summed E-state index contributed by atoms with van der Waals surface area (Å²) >= 11 is 0. The van der Waals surface area contributed by atoms with Gasteiger partial charge in [-0.15, -0.1) is 0 Å². The lowest BCUT2D eigenvalue weighted by molar-refractivity contribution is 0.0892. The summed E-state index contributed by atoms with van der Waals surface area (Å²) in [6.07, 6.45) is 3.45. The lowest BCUT2D eigenvalue weighted by Gasteiger charge is -2.34. The van der Waals surface area contributed by atoms with Gasteiger partial charge in [0, 0.05) is 48.0 Å². The molecule has 2 aromatic carbocycles. The lowest BCUT2D eigenvalue weighted by atomic mass is 10.0. The number of carbonyl (C=O) groups is 1. The molecule has 0 spiro atoms. The standard InChI is InChI=1S/C26H30N6O/c1-17(2)31-11-9-20(10-12-31)30-26(33)24-14-19-5-3-4-6-23(19)32(24)15-18-7-8-21-22(13-18)28-16-29-25(21)27/h3-8,13-14,16-17,20H,9-12,15H2,1-2H3,(H,30,33)(H2,27,28,29). The Morgan fingerprint density at radius 2 is 1.91 bits per heavy atom. The molecule has 0 saturated carbocycles. The first-order valence-corrected chi connectivity index (χ1v) is 11.6. The Hall–Kier alpha value is -3.45. The Labute approximate surface area is 193 Å². The van der Waals surface area contributed by atoms with Crippen LogP contribution in [0, 0.1) is 0 Å². The molecule has 0 atom stereocenters. The number of hydrogen-bond donors (Lipinski definition) is 2. The number of nitrogens with two attached hydrogens (primary N) is 1. The molecule has 0 unspecified atom stereocenters. The van der Waals surface area contributed by atoms with Crippen molar-refractivity contribution in [1.29, 1.82) is 0 Å². The summed E-state index contributed by atoms with van der Waals surface area (Å²) in [7, 11) is 0. The summed E-state index contributed by atoms with van der Waals surface area (Å²) in [5, 5.41) is 5.19. The minimum atomic E-state index is -0.0124. The number of carbonyl (C=O) groups excluding carboxylic acids is 1. The summed E-state index contributed by atoms with van der Waals surface area (Å²) in [6, 6.07) is 16.9. The van der Waals surface area contributed by atoms with E-state index in [1.807, 2.05) is 36.4 Å². The Balaban J connectivity index is 1.42. The van der Waals surface area contributed by atoms with Crippen molar-refractivity contribution >= 4 is 33.5 Å². The Morgan fingerprint density at radius 1 is 1.12 bits per heavy atom. The third-order valence-corrected chi connectivity index (χ3v) is 6.71. The minimum Gasteiger partial charge on any atom is -0.383 e. The number of anilines is 1. The summed E-state index contributed by atoms with van der Waals surface area (Å²) < 4.78 is 2.10. The van der Waals surface area contributed by atoms with Gasteiger partial charge in [0.05, 0.1) is 5.52 Å². The van der Waals surface area contributed by atoms with Crippen molar-refractivity contribution in [2.45, 2.75) is 45.3 Å². The number of nitrogen functional groups attached to an aromatic ring is 1. The predicted octanol–water partition coefficient (Wildman–Crippen LogP) is 3.82. The number of benzene rings is 2. The molecular weight excluding hydrogens is 412 g/mol. The fourth-order valence-electron chi connectivity index (χ4n) is 4.79. The van der Waals surface area contributed by atoms with Gasteiger partial charge in [-0.05, 0) is 56.5 Å². The van der Waals surface area contributed by atoms with Crippen molar-refractivity contribution in [3.63, 3.8) is 0 Å². The van der Waals surface area contributed by atoms with Crippen LogP contribution in [0.5, 0.6) is 0 Å².